The van der Waals surface area contributed by atoms with E-state index in [2.05, 4.69) is 15.3 Å². The summed E-state index contributed by atoms with van der Waals surface area (Å²) in [5, 5.41) is 3.91. The number of benzene rings is 2. The van der Waals surface area contributed by atoms with Gasteiger partial charge in [0.15, 0.2) is 4.77 Å². The van der Waals surface area contributed by atoms with Gasteiger partial charge in [0.1, 0.15) is 11.3 Å². The fourth-order valence-electron chi connectivity index (χ4n) is 4.06. The monoisotopic (exact) mass is 464 g/mol. The van der Waals surface area contributed by atoms with Crippen LogP contribution >= 0.6 is 12.2 Å². The van der Waals surface area contributed by atoms with Gasteiger partial charge in [-0.15, -0.1) is 0 Å². The van der Waals surface area contributed by atoms with E-state index in [1.807, 2.05) is 55.5 Å². The zero-order valence-electron chi connectivity index (χ0n) is 18.8. The molecule has 2 heterocycles. The van der Waals surface area contributed by atoms with E-state index in [4.69, 9.17) is 17.0 Å². The lowest BCUT2D eigenvalue weighted by atomic mass is 10.1. The van der Waals surface area contributed by atoms with E-state index in [9.17, 15) is 9.59 Å². The van der Waals surface area contributed by atoms with Crippen LogP contribution in [0.3, 0.4) is 0 Å². The SMILES string of the molecule is COc1ccc2[nH]c3c(=O)n(CCCCCC(=O)NC(C)c4ccccc4)c(=S)[nH]c3c2c1. The van der Waals surface area contributed by atoms with Crippen LogP contribution in [0.4, 0.5) is 0 Å². The normalized spacial score (nSPS) is 12.2. The molecule has 8 heteroatoms. The van der Waals surface area contributed by atoms with E-state index in [1.54, 1.807) is 11.7 Å². The molecule has 0 saturated heterocycles. The number of amides is 1. The van der Waals surface area contributed by atoms with Crippen LogP contribution in [0.2, 0.25) is 0 Å². The average molecular weight is 465 g/mol. The summed E-state index contributed by atoms with van der Waals surface area (Å²) in [7, 11) is 1.61. The molecule has 33 heavy (non-hydrogen) atoms. The van der Waals surface area contributed by atoms with Gasteiger partial charge in [-0.2, -0.15) is 0 Å². The van der Waals surface area contributed by atoms with Crippen molar-refractivity contribution in [2.24, 2.45) is 0 Å². The summed E-state index contributed by atoms with van der Waals surface area (Å²) < 4.78 is 7.27. The number of nitrogens with zero attached hydrogens (tertiary/aromatic N) is 1. The Bertz CT molecular complexity index is 1390. The summed E-state index contributed by atoms with van der Waals surface area (Å²) in [4.78, 5) is 31.7. The van der Waals surface area contributed by atoms with Crippen molar-refractivity contribution >= 4 is 40.1 Å². The van der Waals surface area contributed by atoms with Gasteiger partial charge in [-0.1, -0.05) is 36.8 Å². The minimum absolute atomic E-state index is 0.0152. The van der Waals surface area contributed by atoms with Gasteiger partial charge in [0.2, 0.25) is 5.91 Å². The minimum Gasteiger partial charge on any atom is -0.497 e. The van der Waals surface area contributed by atoms with Crippen molar-refractivity contribution in [1.29, 1.82) is 0 Å². The largest absolute Gasteiger partial charge is 0.497 e. The van der Waals surface area contributed by atoms with Crippen molar-refractivity contribution in [2.75, 3.05) is 7.11 Å². The van der Waals surface area contributed by atoms with E-state index in [0.29, 0.717) is 34.5 Å². The van der Waals surface area contributed by atoms with E-state index >= 15 is 0 Å². The molecule has 4 rings (SSSR count). The van der Waals surface area contributed by atoms with E-state index in [0.717, 1.165) is 35.7 Å². The van der Waals surface area contributed by atoms with Crippen LogP contribution in [0.5, 0.6) is 5.75 Å². The van der Waals surface area contributed by atoms with Gasteiger partial charge >= 0.3 is 0 Å². The molecule has 3 N–H and O–H groups in total. The molecule has 1 amide bonds. The molecule has 1 atom stereocenters. The molecule has 2 aromatic carbocycles. The Kier molecular flexibility index (Phi) is 6.93. The van der Waals surface area contributed by atoms with Gasteiger partial charge in [-0.25, -0.2) is 0 Å². The summed E-state index contributed by atoms with van der Waals surface area (Å²) in [6.45, 7) is 2.49. The number of nitrogens with one attached hydrogen (secondary N) is 3. The number of fused-ring (bicyclic) bond motifs is 3. The smallest absolute Gasteiger partial charge is 0.278 e. The number of unbranched alkanes of at least 4 members (excludes halogenated alkanes) is 2. The van der Waals surface area contributed by atoms with Crippen LogP contribution in [0.25, 0.3) is 21.9 Å². The van der Waals surface area contributed by atoms with Gasteiger partial charge in [-0.3, -0.25) is 14.2 Å². The summed E-state index contributed by atoms with van der Waals surface area (Å²) >= 11 is 5.47. The molecule has 0 aliphatic heterocycles. The molecule has 4 aromatic rings. The van der Waals surface area contributed by atoms with Crippen molar-refractivity contribution in [1.82, 2.24) is 19.9 Å². The molecule has 2 aromatic heterocycles. The van der Waals surface area contributed by atoms with Crippen LogP contribution in [0.1, 0.15) is 44.2 Å². The van der Waals surface area contributed by atoms with Crippen LogP contribution in [0.15, 0.2) is 53.3 Å². The molecule has 7 nitrogen and oxygen atoms in total. The van der Waals surface area contributed by atoms with Gasteiger partial charge < -0.3 is 20.0 Å². The number of hydrogen-bond acceptors (Lipinski definition) is 4. The highest BCUT2D eigenvalue weighted by molar-refractivity contribution is 7.71. The number of methoxy groups -OCH3 is 1. The Labute approximate surface area is 196 Å². The van der Waals surface area contributed by atoms with Crippen LogP contribution in [0, 0.1) is 4.77 Å². The lowest BCUT2D eigenvalue weighted by Gasteiger charge is -2.14. The Morgan fingerprint density at radius 1 is 1.09 bits per heavy atom. The zero-order chi connectivity index (χ0) is 23.4. The summed E-state index contributed by atoms with van der Waals surface area (Å²) in [6.07, 6.45) is 2.81. The molecule has 0 spiro atoms. The number of aromatic amines is 2. The molecule has 172 valence electrons. The van der Waals surface area contributed by atoms with Crippen LogP contribution in [-0.2, 0) is 11.3 Å². The van der Waals surface area contributed by atoms with E-state index in [1.165, 1.54) is 0 Å². The highest BCUT2D eigenvalue weighted by atomic mass is 32.1. The summed E-state index contributed by atoms with van der Waals surface area (Å²) in [5.74, 6) is 0.754. The van der Waals surface area contributed by atoms with Crippen molar-refractivity contribution in [3.8, 4) is 5.75 Å². The fraction of sp³-hybridized carbons (Fsp3) is 0.320. The van der Waals surface area contributed by atoms with E-state index in [-0.39, 0.29) is 17.5 Å². The van der Waals surface area contributed by atoms with Crippen LogP contribution in [-0.4, -0.2) is 27.6 Å². The molecule has 0 fully saturated rings. The summed E-state index contributed by atoms with van der Waals surface area (Å²) in [5.41, 5.74) is 2.99. The minimum atomic E-state index is -0.140. The number of H-pyrrole nitrogens is 2. The number of carbonyl (C=O) groups is 1. The predicted molar refractivity (Wildman–Crippen MR) is 133 cm³/mol. The third-order valence-electron chi connectivity index (χ3n) is 5.90. The number of aromatic nitrogens is 3. The third-order valence-corrected chi connectivity index (χ3v) is 6.23. The zero-order valence-corrected chi connectivity index (χ0v) is 19.6. The molecule has 1 unspecified atom stereocenters. The van der Waals surface area contributed by atoms with Crippen molar-refractivity contribution < 1.29 is 9.53 Å². The van der Waals surface area contributed by atoms with Crippen molar-refractivity contribution in [3.05, 3.63) is 69.2 Å². The maximum absolute atomic E-state index is 13.1. The second kappa shape index (κ2) is 10.0. The number of hydrogen-bond donors (Lipinski definition) is 3. The Balaban J connectivity index is 1.35. The highest BCUT2D eigenvalue weighted by Crippen LogP contribution is 2.26. The Hall–Kier alpha value is -3.39. The van der Waals surface area contributed by atoms with Crippen molar-refractivity contribution in [3.63, 3.8) is 0 Å². The second-order valence-electron chi connectivity index (χ2n) is 8.18. The first-order chi connectivity index (χ1) is 16.0. The lowest BCUT2D eigenvalue weighted by molar-refractivity contribution is -0.121. The predicted octanol–water partition coefficient (Wildman–Crippen LogP) is 4.99. The summed E-state index contributed by atoms with van der Waals surface area (Å²) in [6, 6.07) is 15.5. The van der Waals surface area contributed by atoms with Crippen molar-refractivity contribution in [2.45, 2.75) is 45.2 Å². The Morgan fingerprint density at radius 3 is 2.64 bits per heavy atom. The molecular formula is C25H28N4O3S. The molecule has 0 radical (unpaired) electrons. The standard InChI is InChI=1S/C25H28N4O3S/c1-16(17-9-5-3-6-10-17)26-21(30)11-7-4-8-14-29-24(31)23-22(28-25(29)33)19-15-18(32-2)12-13-20(19)27-23/h3,5-6,9-10,12-13,15-16,27H,4,7-8,11,14H2,1-2H3,(H,26,30)(H,28,33). The highest BCUT2D eigenvalue weighted by Gasteiger charge is 2.13. The van der Waals surface area contributed by atoms with Gasteiger partial charge in [0.05, 0.1) is 18.7 Å². The molecule has 0 saturated carbocycles. The van der Waals surface area contributed by atoms with Crippen LogP contribution < -0.4 is 15.6 Å². The lowest BCUT2D eigenvalue weighted by Crippen LogP contribution is -2.26. The van der Waals surface area contributed by atoms with Gasteiger partial charge in [-0.05, 0) is 55.7 Å². The first kappa shape index (κ1) is 22.8. The maximum atomic E-state index is 13.1. The number of carbonyl (C=O) groups excluding carboxylic acids is 1. The van der Waals surface area contributed by atoms with Gasteiger partial charge in [0.25, 0.3) is 5.56 Å². The average Bonchev–Trinajstić information content (AvgIpc) is 3.19. The quantitative estimate of drug-likeness (QED) is 0.240. The molecule has 0 aliphatic carbocycles. The first-order valence-corrected chi connectivity index (χ1v) is 11.6. The molecular weight excluding hydrogens is 436 g/mol. The Morgan fingerprint density at radius 2 is 1.88 bits per heavy atom. The number of rotatable bonds is 9. The maximum Gasteiger partial charge on any atom is 0.278 e. The molecule has 0 aliphatic rings. The number of ether oxygens (including phenoxy) is 1. The molecule has 0 bridgehead atoms. The van der Waals surface area contributed by atoms with Gasteiger partial charge in [0, 0.05) is 23.9 Å². The fourth-order valence-corrected chi connectivity index (χ4v) is 4.34. The second-order valence-corrected chi connectivity index (χ2v) is 8.57. The topological polar surface area (TPSA) is 91.9 Å². The van der Waals surface area contributed by atoms with E-state index < -0.39 is 0 Å². The third kappa shape index (κ3) is 5.01. The first-order valence-electron chi connectivity index (χ1n) is 11.1.